The number of rotatable bonds is 9. The van der Waals surface area contributed by atoms with Gasteiger partial charge in [-0.2, -0.15) is 0 Å². The fourth-order valence-corrected chi connectivity index (χ4v) is 5.55. The number of nitrogens with zero attached hydrogens (tertiary/aromatic N) is 4. The van der Waals surface area contributed by atoms with Crippen molar-refractivity contribution in [3.8, 4) is 5.88 Å². The smallest absolute Gasteiger partial charge is 0.412 e. The molecule has 0 unspecified atom stereocenters. The van der Waals surface area contributed by atoms with Gasteiger partial charge in [0.1, 0.15) is 23.8 Å². The van der Waals surface area contributed by atoms with Gasteiger partial charge < -0.3 is 18.8 Å². The number of pyridine rings is 1. The van der Waals surface area contributed by atoms with Crippen molar-refractivity contribution in [3.63, 3.8) is 0 Å². The van der Waals surface area contributed by atoms with Crippen LogP contribution in [0.1, 0.15) is 50.7 Å². The number of imidazole rings is 1. The van der Waals surface area contributed by atoms with Crippen LogP contribution in [0.15, 0.2) is 60.7 Å². The molecule has 1 atom stereocenters. The molecule has 0 aliphatic carbocycles. The molecule has 4 heterocycles. The summed E-state index contributed by atoms with van der Waals surface area (Å²) in [6.45, 7) is 9.34. The zero-order valence-electron chi connectivity index (χ0n) is 25.7. The van der Waals surface area contributed by atoms with Crippen molar-refractivity contribution in [2.24, 2.45) is 0 Å². The predicted molar refractivity (Wildman–Crippen MR) is 172 cm³/mol. The average Bonchev–Trinajstić information content (AvgIpc) is 3.29. The molecule has 1 amide bonds. The zero-order chi connectivity index (χ0) is 31.6. The van der Waals surface area contributed by atoms with E-state index in [1.54, 1.807) is 18.2 Å². The van der Waals surface area contributed by atoms with E-state index in [9.17, 15) is 9.18 Å². The fourth-order valence-electron chi connectivity index (χ4n) is 5.39. The number of nitrogens with one attached hydrogen (secondary N) is 1. The van der Waals surface area contributed by atoms with Crippen LogP contribution in [0.5, 0.6) is 5.88 Å². The zero-order valence-corrected chi connectivity index (χ0v) is 26.4. The molecule has 1 N–H and O–H groups in total. The molecule has 1 fully saturated rings. The molecule has 11 heteroatoms. The summed E-state index contributed by atoms with van der Waals surface area (Å²) >= 11 is 5.86. The summed E-state index contributed by atoms with van der Waals surface area (Å²) < 4.78 is 33.4. The summed E-state index contributed by atoms with van der Waals surface area (Å²) in [5.74, 6) is 0.993. The van der Waals surface area contributed by atoms with Crippen LogP contribution >= 0.6 is 11.6 Å². The van der Waals surface area contributed by atoms with Gasteiger partial charge in [-0.1, -0.05) is 29.8 Å². The van der Waals surface area contributed by atoms with E-state index in [1.165, 1.54) is 6.07 Å². The van der Waals surface area contributed by atoms with Crippen molar-refractivity contribution in [1.29, 1.82) is 0 Å². The number of hydrogen-bond donors (Lipinski definition) is 1. The Bertz CT molecular complexity index is 1730. The highest BCUT2D eigenvalue weighted by atomic mass is 35.5. The van der Waals surface area contributed by atoms with Gasteiger partial charge in [0.05, 0.1) is 35.9 Å². The van der Waals surface area contributed by atoms with E-state index in [2.05, 4.69) is 25.8 Å². The lowest BCUT2D eigenvalue weighted by atomic mass is 10.0. The molecule has 236 valence electrons. The number of aromatic nitrogens is 3. The maximum atomic E-state index is 14.2. The maximum Gasteiger partial charge on any atom is 0.412 e. The highest BCUT2D eigenvalue weighted by molar-refractivity contribution is 6.30. The third-order valence-electron chi connectivity index (χ3n) is 7.75. The Morgan fingerprint density at radius 1 is 1.16 bits per heavy atom. The Hall–Kier alpha value is -3.99. The lowest BCUT2D eigenvalue weighted by Gasteiger charge is -2.29. The highest BCUT2D eigenvalue weighted by Gasteiger charge is 2.24. The first-order valence-corrected chi connectivity index (χ1v) is 15.5. The van der Waals surface area contributed by atoms with Crippen molar-refractivity contribution in [2.75, 3.05) is 25.0 Å². The molecule has 0 saturated carbocycles. The van der Waals surface area contributed by atoms with Crippen LogP contribution in [-0.2, 0) is 29.2 Å². The maximum absolute atomic E-state index is 14.2. The molecule has 2 aliphatic rings. The van der Waals surface area contributed by atoms with E-state index >= 15 is 0 Å². The van der Waals surface area contributed by atoms with Crippen molar-refractivity contribution in [3.05, 3.63) is 88.6 Å². The number of fused-ring (bicyclic) bond motifs is 1. The first kappa shape index (κ1) is 31.0. The number of anilines is 1. The second-order valence-corrected chi connectivity index (χ2v) is 12.8. The Morgan fingerprint density at radius 3 is 2.71 bits per heavy atom. The van der Waals surface area contributed by atoms with Crippen LogP contribution in [0.4, 0.5) is 14.9 Å². The fraction of sp³-hybridized carbons (Fsp3) is 0.382. The molecule has 0 spiro atoms. The van der Waals surface area contributed by atoms with E-state index < -0.39 is 17.5 Å². The van der Waals surface area contributed by atoms with Crippen molar-refractivity contribution in [1.82, 2.24) is 19.4 Å². The molecule has 0 radical (unpaired) electrons. The Labute approximate surface area is 267 Å². The number of carbonyl (C=O) groups excluding carboxylic acids is 1. The van der Waals surface area contributed by atoms with Crippen LogP contribution in [-0.4, -0.2) is 56.9 Å². The standard InChI is InChI=1S/C34H37ClFN5O4/c1-34(2,3)45-33(42)37-25-9-10-30-29(18-25)38-31(41(30)19-26-13-16-43-26)20-40-14-11-22(12-15-40)28-5-4-6-32(39-28)44-21-23-7-8-24(35)17-27(23)36/h4-11,17-18,26H,12-16,19-21H2,1-3H3,(H,37,42)/t26-/m0/s1. The van der Waals surface area contributed by atoms with Gasteiger partial charge in [0.15, 0.2) is 0 Å². The molecule has 2 aromatic heterocycles. The van der Waals surface area contributed by atoms with Crippen LogP contribution in [0.2, 0.25) is 5.02 Å². The monoisotopic (exact) mass is 633 g/mol. The molecule has 6 rings (SSSR count). The minimum absolute atomic E-state index is 0.0672. The lowest BCUT2D eigenvalue weighted by molar-refractivity contribution is -0.0591. The molecule has 4 aromatic rings. The van der Waals surface area contributed by atoms with Gasteiger partial charge in [0.25, 0.3) is 0 Å². The van der Waals surface area contributed by atoms with Gasteiger partial charge >= 0.3 is 6.09 Å². The quantitative estimate of drug-likeness (QED) is 0.208. The summed E-state index contributed by atoms with van der Waals surface area (Å²) in [7, 11) is 0. The van der Waals surface area contributed by atoms with Gasteiger partial charge in [0, 0.05) is 42.0 Å². The number of hydrogen-bond acceptors (Lipinski definition) is 7. The molecule has 9 nitrogen and oxygen atoms in total. The van der Waals surface area contributed by atoms with Gasteiger partial charge in [0.2, 0.25) is 5.88 Å². The van der Waals surface area contributed by atoms with E-state index in [0.717, 1.165) is 67.2 Å². The second kappa shape index (κ2) is 13.2. The van der Waals surface area contributed by atoms with E-state index in [1.807, 2.05) is 51.1 Å². The van der Waals surface area contributed by atoms with Gasteiger partial charge in [-0.05, 0) is 75.6 Å². The predicted octanol–water partition coefficient (Wildman–Crippen LogP) is 7.23. The molecule has 0 bridgehead atoms. The number of carbonyl (C=O) groups is 1. The normalized spacial score (nSPS) is 17.1. The summed E-state index contributed by atoms with van der Waals surface area (Å²) in [6, 6.07) is 15.9. The van der Waals surface area contributed by atoms with Gasteiger partial charge in [-0.3, -0.25) is 10.2 Å². The van der Waals surface area contributed by atoms with Crippen LogP contribution in [0.3, 0.4) is 0 Å². The van der Waals surface area contributed by atoms with E-state index in [4.69, 9.17) is 30.8 Å². The van der Waals surface area contributed by atoms with Gasteiger partial charge in [-0.15, -0.1) is 0 Å². The Kier molecular flexibility index (Phi) is 9.07. The second-order valence-electron chi connectivity index (χ2n) is 12.4. The molecule has 45 heavy (non-hydrogen) atoms. The Balaban J connectivity index is 1.13. The summed E-state index contributed by atoms with van der Waals surface area (Å²) in [4.78, 5) is 24.4. The van der Waals surface area contributed by atoms with E-state index in [0.29, 0.717) is 28.7 Å². The molecule has 1 saturated heterocycles. The number of amides is 1. The number of halogens is 2. The summed E-state index contributed by atoms with van der Waals surface area (Å²) in [6.07, 6.45) is 3.71. The molecular formula is C34H37ClFN5O4. The average molecular weight is 634 g/mol. The van der Waals surface area contributed by atoms with Crippen molar-refractivity contribution in [2.45, 2.75) is 65.0 Å². The van der Waals surface area contributed by atoms with E-state index in [-0.39, 0.29) is 12.7 Å². The lowest BCUT2D eigenvalue weighted by Crippen LogP contribution is -2.33. The summed E-state index contributed by atoms with van der Waals surface area (Å²) in [5, 5.41) is 3.17. The third-order valence-corrected chi connectivity index (χ3v) is 7.99. The highest BCUT2D eigenvalue weighted by Crippen LogP contribution is 2.28. The van der Waals surface area contributed by atoms with Crippen LogP contribution in [0.25, 0.3) is 16.6 Å². The van der Waals surface area contributed by atoms with Crippen molar-refractivity contribution < 1.29 is 23.4 Å². The Morgan fingerprint density at radius 2 is 2.00 bits per heavy atom. The molecule has 2 aromatic carbocycles. The largest absolute Gasteiger partial charge is 0.473 e. The third kappa shape index (κ3) is 7.81. The molecule has 2 aliphatic heterocycles. The van der Waals surface area contributed by atoms with Crippen LogP contribution in [0, 0.1) is 5.82 Å². The summed E-state index contributed by atoms with van der Waals surface area (Å²) in [5.41, 5.74) is 4.28. The number of ether oxygens (including phenoxy) is 3. The SMILES string of the molecule is CC(C)(C)OC(=O)Nc1ccc2c(c1)nc(CN1CC=C(c3cccc(OCc4ccc(Cl)cc4F)n3)CC1)n2C[C@@H]1CCO1. The minimum Gasteiger partial charge on any atom is -0.473 e. The topological polar surface area (TPSA) is 90.7 Å². The minimum atomic E-state index is -0.584. The van der Waals surface area contributed by atoms with Gasteiger partial charge in [-0.25, -0.2) is 19.2 Å². The first-order valence-electron chi connectivity index (χ1n) is 15.2. The number of benzene rings is 2. The molecular weight excluding hydrogens is 597 g/mol. The first-order chi connectivity index (χ1) is 21.6. The van der Waals surface area contributed by atoms with Crippen molar-refractivity contribution >= 4 is 40.0 Å². The van der Waals surface area contributed by atoms with Crippen LogP contribution < -0.4 is 10.1 Å².